The monoisotopic (exact) mass is 355 g/mol. The number of hydrogen-bond acceptors (Lipinski definition) is 1. The first-order chi connectivity index (χ1) is 10.0. The second-order valence-electron chi connectivity index (χ2n) is 5.01. The lowest BCUT2D eigenvalue weighted by Crippen LogP contribution is -2.19. The van der Waals surface area contributed by atoms with E-state index in [2.05, 4.69) is 15.9 Å². The number of nitrogens with zero attached hydrogens (tertiary/aromatic N) is 1. The van der Waals surface area contributed by atoms with E-state index in [9.17, 15) is 13.2 Å². The summed E-state index contributed by atoms with van der Waals surface area (Å²) in [4.78, 5) is 1.76. The minimum atomic E-state index is -4.36. The summed E-state index contributed by atoms with van der Waals surface area (Å²) in [5.74, 6) is 0. The van der Waals surface area contributed by atoms with Crippen LogP contribution in [0.25, 0.3) is 0 Å². The molecular weight excluding hydrogens is 343 g/mol. The highest BCUT2D eigenvalue weighted by atomic mass is 79.9. The van der Waals surface area contributed by atoms with E-state index in [4.69, 9.17) is 0 Å². The van der Waals surface area contributed by atoms with Gasteiger partial charge >= 0.3 is 6.18 Å². The highest BCUT2D eigenvalue weighted by molar-refractivity contribution is 9.08. The Morgan fingerprint density at radius 3 is 2.52 bits per heavy atom. The number of alkyl halides is 4. The predicted molar refractivity (Wildman–Crippen MR) is 81.2 cm³/mol. The number of halogens is 4. The van der Waals surface area contributed by atoms with Crippen LogP contribution in [-0.4, -0.2) is 6.54 Å². The Labute approximate surface area is 129 Å². The maximum Gasteiger partial charge on any atom is 0.418 e. The average Bonchev–Trinajstić information content (AvgIpc) is 2.89. The van der Waals surface area contributed by atoms with E-state index in [0.717, 1.165) is 17.7 Å². The van der Waals surface area contributed by atoms with Gasteiger partial charge < -0.3 is 4.90 Å². The summed E-state index contributed by atoms with van der Waals surface area (Å²) < 4.78 is 40.1. The van der Waals surface area contributed by atoms with E-state index in [-0.39, 0.29) is 5.69 Å². The third-order valence-electron chi connectivity index (χ3n) is 3.70. The number of benzene rings is 2. The van der Waals surface area contributed by atoms with Crippen molar-refractivity contribution in [2.75, 3.05) is 11.4 Å². The molecule has 1 aliphatic rings. The van der Waals surface area contributed by atoms with Gasteiger partial charge in [0.1, 0.15) is 0 Å². The van der Waals surface area contributed by atoms with Crippen LogP contribution < -0.4 is 4.90 Å². The molecule has 3 rings (SSSR count). The van der Waals surface area contributed by atoms with Gasteiger partial charge in [0.2, 0.25) is 0 Å². The van der Waals surface area contributed by atoms with Gasteiger partial charge in [-0.05, 0) is 35.7 Å². The van der Waals surface area contributed by atoms with Crippen LogP contribution in [0, 0.1) is 0 Å². The molecule has 1 aliphatic heterocycles. The SMILES string of the molecule is FC(F)(F)c1cc(CBr)ccc1N1CCc2ccccc21. The fourth-order valence-electron chi connectivity index (χ4n) is 2.72. The van der Waals surface area contributed by atoms with Crippen LogP contribution in [0.5, 0.6) is 0 Å². The van der Waals surface area contributed by atoms with E-state index >= 15 is 0 Å². The zero-order valence-electron chi connectivity index (χ0n) is 11.1. The third kappa shape index (κ3) is 2.67. The van der Waals surface area contributed by atoms with Crippen LogP contribution in [-0.2, 0) is 17.9 Å². The second-order valence-corrected chi connectivity index (χ2v) is 5.57. The van der Waals surface area contributed by atoms with Gasteiger partial charge in [0.05, 0.1) is 11.3 Å². The van der Waals surface area contributed by atoms with E-state index in [0.29, 0.717) is 17.4 Å². The van der Waals surface area contributed by atoms with Gasteiger partial charge in [-0.15, -0.1) is 0 Å². The molecule has 0 saturated carbocycles. The standard InChI is InChI=1S/C16H13BrF3N/c17-10-11-5-6-15(13(9-11)16(18,19)20)21-8-7-12-3-1-2-4-14(12)21/h1-6,9H,7-8,10H2. The van der Waals surface area contributed by atoms with Gasteiger partial charge in [-0.3, -0.25) is 0 Å². The minimum Gasteiger partial charge on any atom is -0.340 e. The van der Waals surface area contributed by atoms with Crippen LogP contribution in [0.15, 0.2) is 42.5 Å². The molecule has 1 nitrogen and oxygen atoms in total. The van der Waals surface area contributed by atoms with Gasteiger partial charge in [-0.25, -0.2) is 0 Å². The van der Waals surface area contributed by atoms with Gasteiger partial charge in [0.15, 0.2) is 0 Å². The summed E-state index contributed by atoms with van der Waals surface area (Å²) in [5, 5.41) is 0.410. The van der Waals surface area contributed by atoms with E-state index in [1.54, 1.807) is 17.0 Å². The highest BCUT2D eigenvalue weighted by Gasteiger charge is 2.36. The van der Waals surface area contributed by atoms with Crippen LogP contribution in [0.2, 0.25) is 0 Å². The quantitative estimate of drug-likeness (QED) is 0.661. The van der Waals surface area contributed by atoms with Crippen molar-refractivity contribution in [3.8, 4) is 0 Å². The fourth-order valence-corrected chi connectivity index (χ4v) is 3.07. The highest BCUT2D eigenvalue weighted by Crippen LogP contribution is 2.42. The minimum absolute atomic E-state index is 0.233. The number of rotatable bonds is 2. The molecule has 0 unspecified atom stereocenters. The lowest BCUT2D eigenvalue weighted by Gasteiger charge is -2.24. The molecule has 0 radical (unpaired) electrons. The molecule has 0 N–H and O–H groups in total. The van der Waals surface area contributed by atoms with Gasteiger partial charge in [0.25, 0.3) is 0 Å². The van der Waals surface area contributed by atoms with Crippen molar-refractivity contribution in [2.24, 2.45) is 0 Å². The van der Waals surface area contributed by atoms with Gasteiger partial charge in [-0.1, -0.05) is 40.2 Å². The molecule has 2 aromatic carbocycles. The first-order valence-corrected chi connectivity index (χ1v) is 7.74. The van der Waals surface area contributed by atoms with E-state index in [1.165, 1.54) is 6.07 Å². The Kier molecular flexibility index (Phi) is 3.69. The molecule has 110 valence electrons. The van der Waals surface area contributed by atoms with Crippen molar-refractivity contribution in [1.82, 2.24) is 0 Å². The fraction of sp³-hybridized carbons (Fsp3) is 0.250. The molecule has 5 heteroatoms. The van der Waals surface area contributed by atoms with E-state index < -0.39 is 11.7 Å². The zero-order valence-corrected chi connectivity index (χ0v) is 12.7. The first-order valence-electron chi connectivity index (χ1n) is 6.62. The summed E-state index contributed by atoms with van der Waals surface area (Å²) >= 11 is 3.21. The molecule has 0 fully saturated rings. The van der Waals surface area contributed by atoms with Crippen molar-refractivity contribution in [2.45, 2.75) is 17.9 Å². The smallest absolute Gasteiger partial charge is 0.340 e. The molecule has 0 aliphatic carbocycles. The summed E-state index contributed by atoms with van der Waals surface area (Å²) in [5.41, 5.74) is 2.25. The van der Waals surface area contributed by atoms with Crippen molar-refractivity contribution in [1.29, 1.82) is 0 Å². The van der Waals surface area contributed by atoms with E-state index in [1.807, 2.05) is 24.3 Å². The summed E-state index contributed by atoms with van der Waals surface area (Å²) in [6.07, 6.45) is -3.58. The van der Waals surface area contributed by atoms with Crippen LogP contribution in [0.1, 0.15) is 16.7 Å². The Balaban J connectivity index is 2.11. The average molecular weight is 356 g/mol. The molecule has 0 amide bonds. The summed E-state index contributed by atoms with van der Waals surface area (Å²) in [6, 6.07) is 12.2. The molecule has 0 saturated heterocycles. The number of para-hydroxylation sites is 1. The van der Waals surface area contributed by atoms with Gasteiger partial charge in [-0.2, -0.15) is 13.2 Å². The largest absolute Gasteiger partial charge is 0.418 e. The Morgan fingerprint density at radius 2 is 1.81 bits per heavy atom. The maximum absolute atomic E-state index is 13.4. The molecule has 0 bridgehead atoms. The van der Waals surface area contributed by atoms with Crippen LogP contribution in [0.3, 0.4) is 0 Å². The van der Waals surface area contributed by atoms with Crippen molar-refractivity contribution >= 4 is 27.3 Å². The lowest BCUT2D eigenvalue weighted by molar-refractivity contribution is -0.137. The van der Waals surface area contributed by atoms with Crippen molar-refractivity contribution in [3.63, 3.8) is 0 Å². The molecule has 1 heterocycles. The topological polar surface area (TPSA) is 3.24 Å². The van der Waals surface area contributed by atoms with Crippen LogP contribution in [0.4, 0.5) is 24.5 Å². The maximum atomic E-state index is 13.4. The van der Waals surface area contributed by atoms with Crippen LogP contribution >= 0.6 is 15.9 Å². The zero-order chi connectivity index (χ0) is 15.0. The van der Waals surface area contributed by atoms with Crippen molar-refractivity contribution < 1.29 is 13.2 Å². The lowest BCUT2D eigenvalue weighted by atomic mass is 10.1. The Morgan fingerprint density at radius 1 is 1.05 bits per heavy atom. The molecule has 0 spiro atoms. The predicted octanol–water partition coefficient (Wildman–Crippen LogP) is 5.29. The molecule has 2 aromatic rings. The third-order valence-corrected chi connectivity index (χ3v) is 4.35. The molecule has 0 aromatic heterocycles. The molecule has 21 heavy (non-hydrogen) atoms. The molecular formula is C16H13BrF3N. The number of anilines is 2. The summed E-state index contributed by atoms with van der Waals surface area (Å²) in [6.45, 7) is 0.579. The normalized spacial score (nSPS) is 14.4. The second kappa shape index (κ2) is 5.37. The first kappa shape index (κ1) is 14.4. The van der Waals surface area contributed by atoms with Crippen molar-refractivity contribution in [3.05, 3.63) is 59.2 Å². The number of hydrogen-bond donors (Lipinski definition) is 0. The van der Waals surface area contributed by atoms with Gasteiger partial charge in [0, 0.05) is 17.6 Å². The molecule has 0 atom stereocenters. The Hall–Kier alpha value is -1.49. The summed E-state index contributed by atoms with van der Waals surface area (Å²) in [7, 11) is 0. The number of fused-ring (bicyclic) bond motifs is 1. The Bertz CT molecular complexity index is 667.